The zero-order valence-corrected chi connectivity index (χ0v) is 25.9. The number of carbonyl (C=O) groups excluding carboxylic acids is 3. The number of benzene rings is 3. The molecule has 0 aromatic heterocycles. The van der Waals surface area contributed by atoms with Crippen molar-refractivity contribution >= 4 is 58.0 Å². The highest BCUT2D eigenvalue weighted by molar-refractivity contribution is 6.31. The average Bonchev–Trinajstić information content (AvgIpc) is 3.39. The Morgan fingerprint density at radius 1 is 1.07 bits per heavy atom. The van der Waals surface area contributed by atoms with Gasteiger partial charge in [-0.05, 0) is 53.3 Å². The number of rotatable bonds is 6. The first-order valence-electron chi connectivity index (χ1n) is 13.8. The predicted molar refractivity (Wildman–Crippen MR) is 167 cm³/mol. The van der Waals surface area contributed by atoms with E-state index in [1.54, 1.807) is 48.5 Å². The summed E-state index contributed by atoms with van der Waals surface area (Å²) in [6.45, 7) is 7.52. The lowest BCUT2D eigenvalue weighted by atomic mass is 9.62. The van der Waals surface area contributed by atoms with Crippen molar-refractivity contribution in [2.24, 2.45) is 5.41 Å². The molecule has 226 valence electrons. The topological polar surface area (TPSA) is 109 Å². The average molecular weight is 628 g/mol. The molecule has 11 heteroatoms. The van der Waals surface area contributed by atoms with E-state index in [0.29, 0.717) is 39.8 Å². The van der Waals surface area contributed by atoms with Gasteiger partial charge in [-0.2, -0.15) is 0 Å². The summed E-state index contributed by atoms with van der Waals surface area (Å²) in [5.74, 6) is -2.50. The minimum absolute atomic E-state index is 0.115. The van der Waals surface area contributed by atoms with E-state index in [1.807, 2.05) is 20.8 Å². The maximum absolute atomic E-state index is 16.0. The van der Waals surface area contributed by atoms with E-state index in [9.17, 15) is 14.4 Å². The molecule has 3 aromatic carbocycles. The molecule has 3 aromatic rings. The molecule has 4 N–H and O–H groups in total. The number of amides is 3. The second kappa shape index (κ2) is 11.4. The van der Waals surface area contributed by atoms with Crippen LogP contribution in [0.25, 0.3) is 0 Å². The molecule has 5 rings (SSSR count). The van der Waals surface area contributed by atoms with E-state index in [2.05, 4.69) is 21.3 Å². The molecule has 1 fully saturated rings. The molecular formula is C32H33Cl2FN4O4. The zero-order chi connectivity index (χ0) is 31.3. The Balaban J connectivity index is 1.67. The van der Waals surface area contributed by atoms with Crippen molar-refractivity contribution in [2.45, 2.75) is 57.5 Å². The Morgan fingerprint density at radius 3 is 2.49 bits per heavy atom. The van der Waals surface area contributed by atoms with Crippen molar-refractivity contribution in [3.63, 3.8) is 0 Å². The molecule has 43 heavy (non-hydrogen) atoms. The molecule has 8 nitrogen and oxygen atoms in total. The zero-order valence-electron chi connectivity index (χ0n) is 24.4. The SMILES string of the molecule is COc1cc(NC(C)=O)ccc1NC(=O)C1NC(CC(C)(C)C)C2(C(=O)Nc3cc(Cl)ccc32)C1c1cccc(Cl)c1F. The summed E-state index contributed by atoms with van der Waals surface area (Å²) in [6.07, 6.45) is 0.486. The fourth-order valence-corrected chi connectivity index (χ4v) is 6.79. The lowest BCUT2D eigenvalue weighted by molar-refractivity contribution is -0.122. The van der Waals surface area contributed by atoms with Gasteiger partial charge in [-0.3, -0.25) is 14.4 Å². The lowest BCUT2D eigenvalue weighted by Crippen LogP contribution is -2.49. The molecule has 1 spiro atoms. The maximum atomic E-state index is 16.0. The summed E-state index contributed by atoms with van der Waals surface area (Å²) < 4.78 is 21.4. The predicted octanol–water partition coefficient (Wildman–Crippen LogP) is 6.49. The largest absolute Gasteiger partial charge is 0.494 e. The third-order valence-electron chi connectivity index (χ3n) is 8.00. The van der Waals surface area contributed by atoms with Gasteiger partial charge in [0.2, 0.25) is 17.7 Å². The third kappa shape index (κ3) is 5.57. The quantitative estimate of drug-likeness (QED) is 0.250. The number of carbonyl (C=O) groups is 3. The normalized spacial score (nSPS) is 22.7. The van der Waals surface area contributed by atoms with Crippen LogP contribution in [0.5, 0.6) is 5.75 Å². The van der Waals surface area contributed by atoms with Gasteiger partial charge in [0.05, 0.1) is 23.9 Å². The fourth-order valence-electron chi connectivity index (χ4n) is 6.44. The minimum Gasteiger partial charge on any atom is -0.494 e. The van der Waals surface area contributed by atoms with Gasteiger partial charge in [-0.25, -0.2) is 4.39 Å². The van der Waals surface area contributed by atoms with Crippen LogP contribution in [0.3, 0.4) is 0 Å². The van der Waals surface area contributed by atoms with Gasteiger partial charge < -0.3 is 26.0 Å². The Morgan fingerprint density at radius 2 is 1.81 bits per heavy atom. The van der Waals surface area contributed by atoms with E-state index in [1.165, 1.54) is 20.1 Å². The second-order valence-corrected chi connectivity index (χ2v) is 13.0. The lowest BCUT2D eigenvalue weighted by Gasteiger charge is -2.37. The van der Waals surface area contributed by atoms with Crippen LogP contribution in [-0.2, 0) is 19.8 Å². The van der Waals surface area contributed by atoms with Gasteiger partial charge in [0.1, 0.15) is 17.0 Å². The molecule has 2 aliphatic rings. The molecule has 0 radical (unpaired) electrons. The van der Waals surface area contributed by atoms with E-state index in [0.717, 1.165) is 0 Å². The first kappa shape index (κ1) is 30.8. The molecule has 2 aliphatic heterocycles. The van der Waals surface area contributed by atoms with Crippen molar-refractivity contribution in [1.29, 1.82) is 0 Å². The van der Waals surface area contributed by atoms with Gasteiger partial charge >= 0.3 is 0 Å². The van der Waals surface area contributed by atoms with E-state index >= 15 is 4.39 Å². The minimum atomic E-state index is -1.37. The second-order valence-electron chi connectivity index (χ2n) is 12.2. The van der Waals surface area contributed by atoms with Gasteiger partial charge in [-0.15, -0.1) is 0 Å². The van der Waals surface area contributed by atoms with Crippen molar-refractivity contribution < 1.29 is 23.5 Å². The number of hydrogen-bond acceptors (Lipinski definition) is 5. The summed E-state index contributed by atoms with van der Waals surface area (Å²) in [5, 5.41) is 12.3. The van der Waals surface area contributed by atoms with E-state index in [4.69, 9.17) is 27.9 Å². The molecule has 1 saturated heterocycles. The van der Waals surface area contributed by atoms with E-state index < -0.39 is 35.1 Å². The van der Waals surface area contributed by atoms with Crippen LogP contribution >= 0.6 is 23.2 Å². The Bertz CT molecular complexity index is 1630. The summed E-state index contributed by atoms with van der Waals surface area (Å²) >= 11 is 12.6. The van der Waals surface area contributed by atoms with Gasteiger partial charge in [-0.1, -0.05) is 62.2 Å². The van der Waals surface area contributed by atoms with Crippen LogP contribution in [-0.4, -0.2) is 36.9 Å². The first-order valence-corrected chi connectivity index (χ1v) is 14.6. The number of ether oxygens (including phenoxy) is 1. The number of hydrogen-bond donors (Lipinski definition) is 4. The number of anilines is 3. The Hall–Kier alpha value is -3.66. The van der Waals surface area contributed by atoms with Crippen LogP contribution in [0, 0.1) is 11.2 Å². The number of halogens is 3. The Kier molecular flexibility index (Phi) is 8.19. The standard InChI is InChI=1S/C32H33Cl2FN4O4/c1-16(40)36-18-10-12-22(24(14-18)43-5)37-29(41)28-26(19-7-6-8-21(34)27(19)35)32(25(39-28)15-31(2,3)4)20-11-9-17(33)13-23(20)38-30(32)42/h6-14,25-26,28,39H,15H2,1-5H3,(H,36,40)(H,37,41)(H,38,42). The van der Waals surface area contributed by atoms with Crippen LogP contribution < -0.4 is 26.0 Å². The third-order valence-corrected chi connectivity index (χ3v) is 8.53. The number of fused-ring (bicyclic) bond motifs is 2. The summed E-state index contributed by atoms with van der Waals surface area (Å²) in [5.41, 5.74) is 0.462. The highest BCUT2D eigenvalue weighted by Gasteiger charge is 2.66. The van der Waals surface area contributed by atoms with Crippen molar-refractivity contribution in [1.82, 2.24) is 5.32 Å². The molecule has 0 saturated carbocycles. The molecular weight excluding hydrogens is 594 g/mol. The highest BCUT2D eigenvalue weighted by atomic mass is 35.5. The maximum Gasteiger partial charge on any atom is 0.242 e. The number of nitrogens with one attached hydrogen (secondary N) is 4. The van der Waals surface area contributed by atoms with Gasteiger partial charge in [0, 0.05) is 41.3 Å². The highest BCUT2D eigenvalue weighted by Crippen LogP contribution is 2.57. The van der Waals surface area contributed by atoms with Crippen LogP contribution in [0.4, 0.5) is 21.5 Å². The molecule has 4 unspecified atom stereocenters. The molecule has 4 atom stereocenters. The summed E-state index contributed by atoms with van der Waals surface area (Å²) in [6, 6.07) is 12.9. The van der Waals surface area contributed by atoms with Crippen LogP contribution in [0.2, 0.25) is 10.0 Å². The summed E-state index contributed by atoms with van der Waals surface area (Å²) in [7, 11) is 1.44. The van der Waals surface area contributed by atoms with Crippen LogP contribution in [0.1, 0.15) is 51.2 Å². The van der Waals surface area contributed by atoms with Crippen molar-refractivity contribution in [3.05, 3.63) is 81.6 Å². The molecule has 2 heterocycles. The molecule has 0 aliphatic carbocycles. The van der Waals surface area contributed by atoms with Gasteiger partial charge in [0.15, 0.2) is 0 Å². The monoisotopic (exact) mass is 626 g/mol. The smallest absolute Gasteiger partial charge is 0.242 e. The molecule has 3 amide bonds. The number of methoxy groups -OCH3 is 1. The first-order chi connectivity index (χ1) is 20.3. The summed E-state index contributed by atoms with van der Waals surface area (Å²) in [4.78, 5) is 40.0. The fraction of sp³-hybridized carbons (Fsp3) is 0.344. The van der Waals surface area contributed by atoms with E-state index in [-0.39, 0.29) is 27.8 Å². The Labute approximate surface area is 259 Å². The molecule has 0 bridgehead atoms. The van der Waals surface area contributed by atoms with Gasteiger partial charge in [0.25, 0.3) is 0 Å². The van der Waals surface area contributed by atoms with Crippen LogP contribution in [0.15, 0.2) is 54.6 Å². The van der Waals surface area contributed by atoms with Crippen molar-refractivity contribution in [2.75, 3.05) is 23.1 Å². The van der Waals surface area contributed by atoms with Crippen molar-refractivity contribution in [3.8, 4) is 5.75 Å².